The number of nitrogens with one attached hydrogen (secondary N) is 1. The fourth-order valence-electron chi connectivity index (χ4n) is 10.4. The molecule has 0 radical (unpaired) electrons. The third-order valence-electron chi connectivity index (χ3n) is 12.9. The summed E-state index contributed by atoms with van der Waals surface area (Å²) in [6.07, 6.45) is 11.9. The minimum Gasteiger partial charge on any atom is -0.446 e. The van der Waals surface area contributed by atoms with E-state index in [-0.39, 0.29) is 42.2 Å². The van der Waals surface area contributed by atoms with E-state index in [9.17, 15) is 34.5 Å². The van der Waals surface area contributed by atoms with Crippen LogP contribution in [0.1, 0.15) is 131 Å². The molecule has 0 bridgehead atoms. The molecule has 0 aromatic carbocycles. The molecule has 4 saturated carbocycles. The van der Waals surface area contributed by atoms with Crippen LogP contribution in [0.4, 0.5) is 4.79 Å². The molecule has 11 atom stereocenters. The van der Waals surface area contributed by atoms with Gasteiger partial charge in [0, 0.05) is 6.54 Å². The Labute approximate surface area is 259 Å². The van der Waals surface area contributed by atoms with Crippen molar-refractivity contribution in [3.8, 4) is 0 Å². The second kappa shape index (κ2) is 13.2. The molecule has 0 aromatic rings. The highest BCUT2D eigenvalue weighted by molar-refractivity contribution is 7.53. The van der Waals surface area contributed by atoms with Crippen molar-refractivity contribution in [3.05, 3.63) is 0 Å². The molecule has 6 N–H and O–H groups in total. The Kier molecular flexibility index (Phi) is 10.8. The third-order valence-corrected chi connectivity index (χ3v) is 14.4. The summed E-state index contributed by atoms with van der Waals surface area (Å²) in [4.78, 5) is 31.0. The Balaban J connectivity index is 1.33. The van der Waals surface area contributed by atoms with Crippen LogP contribution in [-0.4, -0.2) is 60.9 Å². The van der Waals surface area contributed by atoms with Gasteiger partial charge in [0.15, 0.2) is 5.34 Å². The number of unbranched alkanes of at least 4 members (excludes halogenated alkanes) is 3. The van der Waals surface area contributed by atoms with Gasteiger partial charge in [-0.3, -0.25) is 4.57 Å². The van der Waals surface area contributed by atoms with E-state index < -0.39 is 30.7 Å². The number of fused-ring (bicyclic) bond motifs is 5. The molecule has 0 aliphatic heterocycles. The molecule has 0 aromatic heterocycles. The van der Waals surface area contributed by atoms with Gasteiger partial charge in [-0.1, -0.05) is 46.5 Å². The van der Waals surface area contributed by atoms with Gasteiger partial charge in [0.1, 0.15) is 6.10 Å². The van der Waals surface area contributed by atoms with Crippen LogP contribution in [0.5, 0.6) is 0 Å². The number of amides is 1. The molecule has 4 rings (SSSR count). The topological polar surface area (TPSA) is 157 Å². The van der Waals surface area contributed by atoms with Crippen LogP contribution >= 0.6 is 7.60 Å². The molecular formula is C33H60NO8P. The molecule has 10 heteroatoms. The van der Waals surface area contributed by atoms with Gasteiger partial charge in [-0.05, 0) is 125 Å². The summed E-state index contributed by atoms with van der Waals surface area (Å²) in [6.45, 7) is 10.3. The average Bonchev–Trinajstić information content (AvgIpc) is 3.28. The molecule has 9 nitrogen and oxygen atoms in total. The molecule has 250 valence electrons. The van der Waals surface area contributed by atoms with E-state index >= 15 is 0 Å². The van der Waals surface area contributed by atoms with Crippen LogP contribution in [0.15, 0.2) is 0 Å². The first-order valence-electron chi connectivity index (χ1n) is 17.1. The van der Waals surface area contributed by atoms with Crippen LogP contribution in [0, 0.1) is 40.4 Å². The van der Waals surface area contributed by atoms with Gasteiger partial charge in [-0.15, -0.1) is 0 Å². The average molecular weight is 630 g/mol. The highest BCUT2D eigenvalue weighted by atomic mass is 31.2. The zero-order valence-corrected chi connectivity index (χ0v) is 28.2. The Bertz CT molecular complexity index is 1010. The van der Waals surface area contributed by atoms with Crippen molar-refractivity contribution in [1.82, 2.24) is 5.32 Å². The van der Waals surface area contributed by atoms with Crippen LogP contribution in [0.2, 0.25) is 0 Å². The summed E-state index contributed by atoms with van der Waals surface area (Å²) < 4.78 is 17.1. The molecule has 0 heterocycles. The number of carbonyl (C=O) groups excluding carboxylic acids is 1. The molecule has 43 heavy (non-hydrogen) atoms. The third kappa shape index (κ3) is 7.17. The summed E-state index contributed by atoms with van der Waals surface area (Å²) in [5, 5.41) is 33.7. The molecule has 4 aliphatic rings. The van der Waals surface area contributed by atoms with Gasteiger partial charge < -0.3 is 35.2 Å². The number of hydrogen-bond donors (Lipinski definition) is 6. The minimum absolute atomic E-state index is 0.00509. The zero-order valence-electron chi connectivity index (χ0n) is 27.3. The molecule has 1 unspecified atom stereocenters. The SMILES string of the molecule is CCCCCC[C@](C)(O)[C@H]1CC[C@H]2[C@@H]3C[C@H](O)[C@H]4C[C@@H](OC(=O)NCCCC(C)(O)P(=O)(O)O)CC[C@]4(C)[C@H]3CC[C@@]21C. The minimum atomic E-state index is -4.65. The van der Waals surface area contributed by atoms with E-state index in [0.29, 0.717) is 30.1 Å². The van der Waals surface area contributed by atoms with E-state index in [1.54, 1.807) is 0 Å². The van der Waals surface area contributed by atoms with Crippen molar-refractivity contribution in [2.45, 2.75) is 154 Å². The molecule has 1 amide bonds. The van der Waals surface area contributed by atoms with E-state index in [1.807, 2.05) is 0 Å². The second-order valence-corrected chi connectivity index (χ2v) is 17.8. The second-order valence-electron chi connectivity index (χ2n) is 15.7. The number of carbonyl (C=O) groups is 1. The summed E-state index contributed by atoms with van der Waals surface area (Å²) in [5.41, 5.74) is -0.540. The van der Waals surface area contributed by atoms with Gasteiger partial charge in [-0.2, -0.15) is 0 Å². The number of aliphatic hydroxyl groups excluding tert-OH is 1. The Morgan fingerprint density at radius 1 is 0.907 bits per heavy atom. The lowest BCUT2D eigenvalue weighted by molar-refractivity contribution is -0.179. The van der Waals surface area contributed by atoms with Crippen molar-refractivity contribution < 1.29 is 39.2 Å². The van der Waals surface area contributed by atoms with Crippen LogP contribution in [-0.2, 0) is 9.30 Å². The Morgan fingerprint density at radius 3 is 2.26 bits per heavy atom. The van der Waals surface area contributed by atoms with E-state index in [1.165, 1.54) is 19.3 Å². The number of alkyl carbamates (subject to hydrolysis) is 1. The quantitative estimate of drug-likeness (QED) is 0.112. The van der Waals surface area contributed by atoms with Crippen LogP contribution in [0.25, 0.3) is 0 Å². The van der Waals surface area contributed by atoms with Crippen molar-refractivity contribution in [2.75, 3.05) is 6.54 Å². The highest BCUT2D eigenvalue weighted by Gasteiger charge is 2.64. The maximum absolute atomic E-state index is 12.5. The highest BCUT2D eigenvalue weighted by Crippen LogP contribution is 2.69. The van der Waals surface area contributed by atoms with E-state index in [2.05, 4.69) is 33.0 Å². The van der Waals surface area contributed by atoms with Gasteiger partial charge in [0.05, 0.1) is 11.7 Å². The first kappa shape index (κ1) is 35.2. The fourth-order valence-corrected chi connectivity index (χ4v) is 10.9. The van der Waals surface area contributed by atoms with Crippen molar-refractivity contribution in [1.29, 1.82) is 0 Å². The maximum atomic E-state index is 12.5. The first-order chi connectivity index (χ1) is 20.0. The normalized spacial score (nSPS) is 40.4. The molecule has 0 saturated heterocycles. The lowest BCUT2D eigenvalue weighted by Gasteiger charge is -2.62. The number of aliphatic hydroxyl groups is 3. The predicted molar refractivity (Wildman–Crippen MR) is 166 cm³/mol. The Hall–Kier alpha value is -0.700. The standard InChI is InChI=1S/C33H60NO8P/c1-6-7-8-9-15-32(4,37)28-12-11-24-23-21-27(35)26-20-22(13-17-30(26,2)25(23)14-18-31(24,28)3)42-29(36)34-19-10-16-33(5,38)43(39,40)41/h22-28,35,37-38H,6-21H2,1-5H3,(H,34,36)(H2,39,40,41)/t22-,23-,24-,25-,26+,27-,28-,30+,31-,32-,33?/m0/s1. The van der Waals surface area contributed by atoms with Crippen molar-refractivity contribution in [3.63, 3.8) is 0 Å². The predicted octanol–water partition coefficient (Wildman–Crippen LogP) is 6.10. The lowest BCUT2D eigenvalue weighted by atomic mass is 9.43. The van der Waals surface area contributed by atoms with Crippen LogP contribution in [0.3, 0.4) is 0 Å². The smallest absolute Gasteiger partial charge is 0.407 e. The lowest BCUT2D eigenvalue weighted by Crippen LogP contribution is -2.59. The fraction of sp³-hybridized carbons (Fsp3) is 0.970. The van der Waals surface area contributed by atoms with Crippen molar-refractivity contribution >= 4 is 13.7 Å². The summed E-state index contributed by atoms with van der Waals surface area (Å²) >= 11 is 0. The van der Waals surface area contributed by atoms with Crippen molar-refractivity contribution in [2.24, 2.45) is 40.4 Å². The summed E-state index contributed by atoms with van der Waals surface area (Å²) in [7, 11) is -4.65. The number of ether oxygens (including phenoxy) is 1. The molecular weight excluding hydrogens is 569 g/mol. The first-order valence-corrected chi connectivity index (χ1v) is 18.7. The largest absolute Gasteiger partial charge is 0.446 e. The van der Waals surface area contributed by atoms with Crippen LogP contribution < -0.4 is 5.32 Å². The Morgan fingerprint density at radius 2 is 1.58 bits per heavy atom. The maximum Gasteiger partial charge on any atom is 0.407 e. The summed E-state index contributed by atoms with van der Waals surface area (Å²) in [6, 6.07) is 0. The molecule has 4 aliphatic carbocycles. The van der Waals surface area contributed by atoms with E-state index in [4.69, 9.17) is 4.74 Å². The number of hydrogen-bond acceptors (Lipinski definition) is 6. The molecule has 0 spiro atoms. The van der Waals surface area contributed by atoms with Gasteiger partial charge in [0.25, 0.3) is 0 Å². The molecule has 4 fully saturated rings. The summed E-state index contributed by atoms with van der Waals surface area (Å²) in [5.74, 6) is 1.89. The monoisotopic (exact) mass is 629 g/mol. The number of rotatable bonds is 12. The van der Waals surface area contributed by atoms with Gasteiger partial charge >= 0.3 is 13.7 Å². The zero-order chi connectivity index (χ0) is 31.8. The van der Waals surface area contributed by atoms with E-state index in [0.717, 1.165) is 64.7 Å². The van der Waals surface area contributed by atoms with Gasteiger partial charge in [-0.25, -0.2) is 4.79 Å². The van der Waals surface area contributed by atoms with Gasteiger partial charge in [0.2, 0.25) is 0 Å².